The molecule has 31 heavy (non-hydrogen) atoms. The number of ether oxygens (including phenoxy) is 2. The van der Waals surface area contributed by atoms with E-state index in [0.717, 1.165) is 16.8 Å². The number of para-hydroxylation sites is 2. The molecule has 2 amide bonds. The average Bonchev–Trinajstić information content (AvgIpc) is 3.13. The maximum Gasteiger partial charge on any atom is 0.408 e. The lowest BCUT2D eigenvalue weighted by molar-refractivity contribution is -0.123. The molecule has 166 valence electrons. The van der Waals surface area contributed by atoms with Gasteiger partial charge in [-0.2, -0.15) is 0 Å². The van der Waals surface area contributed by atoms with Crippen molar-refractivity contribution in [2.45, 2.75) is 51.3 Å². The summed E-state index contributed by atoms with van der Waals surface area (Å²) in [5.41, 5.74) is 2.43. The van der Waals surface area contributed by atoms with E-state index in [1.54, 1.807) is 27.9 Å². The van der Waals surface area contributed by atoms with E-state index in [-0.39, 0.29) is 11.8 Å². The molecule has 1 heterocycles. The third kappa shape index (κ3) is 6.13. The molecule has 7 nitrogen and oxygen atoms in total. The summed E-state index contributed by atoms with van der Waals surface area (Å²) in [4.78, 5) is 25.5. The lowest BCUT2D eigenvalue weighted by atomic mass is 9.93. The largest absolute Gasteiger partial charge is 0.496 e. The minimum Gasteiger partial charge on any atom is -0.496 e. The van der Waals surface area contributed by atoms with Gasteiger partial charge in [0.15, 0.2) is 0 Å². The number of hydrogen-bond donors (Lipinski definition) is 3. The zero-order valence-corrected chi connectivity index (χ0v) is 18.5. The van der Waals surface area contributed by atoms with E-state index in [9.17, 15) is 9.59 Å². The molecule has 0 saturated carbocycles. The number of rotatable bonds is 7. The number of fused-ring (bicyclic) bond motifs is 1. The lowest BCUT2D eigenvalue weighted by Crippen LogP contribution is -2.48. The van der Waals surface area contributed by atoms with Crippen molar-refractivity contribution in [3.8, 4) is 5.75 Å². The van der Waals surface area contributed by atoms with Crippen molar-refractivity contribution in [2.24, 2.45) is 0 Å². The Kier molecular flexibility index (Phi) is 7.05. The summed E-state index contributed by atoms with van der Waals surface area (Å²) in [5, 5.41) is 9.06. The molecule has 0 fully saturated rings. The number of anilines is 1. The minimum absolute atomic E-state index is 0.105. The summed E-state index contributed by atoms with van der Waals surface area (Å²) in [6, 6.07) is 14.8. The lowest BCUT2D eigenvalue weighted by Gasteiger charge is -2.25. The first-order valence-electron chi connectivity index (χ1n) is 10.5. The highest BCUT2D eigenvalue weighted by Gasteiger charge is 2.30. The van der Waals surface area contributed by atoms with Gasteiger partial charge in [-0.05, 0) is 44.9 Å². The topological polar surface area (TPSA) is 88.7 Å². The van der Waals surface area contributed by atoms with Gasteiger partial charge in [0.2, 0.25) is 5.91 Å². The first-order valence-corrected chi connectivity index (χ1v) is 10.5. The molecule has 7 heteroatoms. The summed E-state index contributed by atoms with van der Waals surface area (Å²) in [6.45, 7) is 6.39. The number of nitrogens with one attached hydrogen (secondary N) is 3. The SMILES string of the molecule is COc1ccccc1CNC(=O)C(CC1CNc2ccccc21)NC(=O)OC(C)(C)C. The van der Waals surface area contributed by atoms with E-state index in [0.29, 0.717) is 25.3 Å². The highest BCUT2D eigenvalue weighted by molar-refractivity contribution is 5.86. The second-order valence-electron chi connectivity index (χ2n) is 8.63. The molecule has 3 N–H and O–H groups in total. The first kappa shape index (κ1) is 22.5. The second-order valence-corrected chi connectivity index (χ2v) is 8.63. The molecule has 2 aromatic rings. The first-order chi connectivity index (χ1) is 14.8. The van der Waals surface area contributed by atoms with Gasteiger partial charge >= 0.3 is 6.09 Å². The van der Waals surface area contributed by atoms with Crippen LogP contribution in [0.25, 0.3) is 0 Å². The van der Waals surface area contributed by atoms with E-state index in [1.165, 1.54) is 0 Å². The van der Waals surface area contributed by atoms with E-state index in [2.05, 4.69) is 22.0 Å². The third-order valence-corrected chi connectivity index (χ3v) is 5.11. The Morgan fingerprint density at radius 3 is 2.58 bits per heavy atom. The highest BCUT2D eigenvalue weighted by atomic mass is 16.6. The van der Waals surface area contributed by atoms with Crippen LogP contribution in [0.2, 0.25) is 0 Å². The molecular weight excluding hydrogens is 394 g/mol. The normalized spacial score (nSPS) is 15.9. The predicted octanol–water partition coefficient (Wildman–Crippen LogP) is 3.80. The maximum absolute atomic E-state index is 13.1. The van der Waals surface area contributed by atoms with Crippen molar-refractivity contribution in [3.63, 3.8) is 0 Å². The molecule has 2 atom stereocenters. The Balaban J connectivity index is 1.71. The van der Waals surface area contributed by atoms with Crippen LogP contribution in [0.4, 0.5) is 10.5 Å². The number of benzene rings is 2. The maximum atomic E-state index is 13.1. The van der Waals surface area contributed by atoms with Crippen molar-refractivity contribution in [2.75, 3.05) is 19.0 Å². The quantitative estimate of drug-likeness (QED) is 0.628. The zero-order chi connectivity index (χ0) is 22.4. The van der Waals surface area contributed by atoms with Crippen LogP contribution in [0.5, 0.6) is 5.75 Å². The monoisotopic (exact) mass is 425 g/mol. The molecule has 0 radical (unpaired) electrons. The van der Waals surface area contributed by atoms with Crippen LogP contribution >= 0.6 is 0 Å². The van der Waals surface area contributed by atoms with Crippen molar-refractivity contribution in [1.29, 1.82) is 0 Å². The van der Waals surface area contributed by atoms with Gasteiger partial charge in [0.05, 0.1) is 7.11 Å². The standard InChI is InChI=1S/C24H31N3O4/c1-24(2,3)31-23(29)27-20(13-17-15-25-19-11-7-6-10-18(17)19)22(28)26-14-16-9-5-8-12-21(16)30-4/h5-12,17,20,25H,13-15H2,1-4H3,(H,26,28)(H,27,29). The van der Waals surface area contributed by atoms with Gasteiger partial charge in [-0.15, -0.1) is 0 Å². The summed E-state index contributed by atoms with van der Waals surface area (Å²) in [6.07, 6.45) is -0.148. The van der Waals surface area contributed by atoms with E-state index in [1.807, 2.05) is 42.5 Å². The molecule has 2 unspecified atom stereocenters. The van der Waals surface area contributed by atoms with Crippen LogP contribution in [0.3, 0.4) is 0 Å². The molecule has 2 aromatic carbocycles. The fraction of sp³-hybridized carbons (Fsp3) is 0.417. The highest BCUT2D eigenvalue weighted by Crippen LogP contribution is 2.34. The summed E-state index contributed by atoms with van der Waals surface area (Å²) >= 11 is 0. The molecule has 0 aliphatic carbocycles. The molecule has 0 spiro atoms. The molecule has 0 saturated heterocycles. The number of amides is 2. The van der Waals surface area contributed by atoms with Gasteiger partial charge in [0, 0.05) is 30.3 Å². The predicted molar refractivity (Wildman–Crippen MR) is 120 cm³/mol. The number of alkyl carbamates (subject to hydrolysis) is 1. The Labute approximate surface area is 183 Å². The van der Waals surface area contributed by atoms with Gasteiger partial charge in [-0.3, -0.25) is 4.79 Å². The third-order valence-electron chi connectivity index (χ3n) is 5.11. The number of carbonyl (C=O) groups excluding carboxylic acids is 2. The van der Waals surface area contributed by atoms with Crippen molar-refractivity contribution < 1.29 is 19.1 Å². The van der Waals surface area contributed by atoms with Gasteiger partial charge in [-0.1, -0.05) is 36.4 Å². The summed E-state index contributed by atoms with van der Waals surface area (Å²) < 4.78 is 10.7. The van der Waals surface area contributed by atoms with Crippen LogP contribution in [0.15, 0.2) is 48.5 Å². The zero-order valence-electron chi connectivity index (χ0n) is 18.5. The molecule has 1 aliphatic heterocycles. The van der Waals surface area contributed by atoms with Crippen LogP contribution in [0.1, 0.15) is 44.2 Å². The Morgan fingerprint density at radius 1 is 1.13 bits per heavy atom. The number of carbonyl (C=O) groups is 2. The van der Waals surface area contributed by atoms with E-state index >= 15 is 0 Å². The smallest absolute Gasteiger partial charge is 0.408 e. The van der Waals surface area contributed by atoms with Crippen molar-refractivity contribution in [1.82, 2.24) is 10.6 Å². The molecule has 1 aliphatic rings. The molecular formula is C24H31N3O4. The fourth-order valence-electron chi connectivity index (χ4n) is 3.69. The Hall–Kier alpha value is -3.22. The number of hydrogen-bond acceptors (Lipinski definition) is 5. The Morgan fingerprint density at radius 2 is 1.84 bits per heavy atom. The Bertz CT molecular complexity index is 923. The van der Waals surface area contributed by atoms with Crippen molar-refractivity contribution >= 4 is 17.7 Å². The van der Waals surface area contributed by atoms with Crippen molar-refractivity contribution in [3.05, 3.63) is 59.7 Å². The van der Waals surface area contributed by atoms with Gasteiger partial charge < -0.3 is 25.4 Å². The average molecular weight is 426 g/mol. The molecule has 0 aromatic heterocycles. The van der Waals surface area contributed by atoms with Crippen LogP contribution in [-0.4, -0.2) is 37.3 Å². The van der Waals surface area contributed by atoms with Gasteiger partial charge in [0.25, 0.3) is 0 Å². The van der Waals surface area contributed by atoms with E-state index in [4.69, 9.17) is 9.47 Å². The number of methoxy groups -OCH3 is 1. The van der Waals surface area contributed by atoms with Crippen LogP contribution in [-0.2, 0) is 16.1 Å². The van der Waals surface area contributed by atoms with E-state index < -0.39 is 17.7 Å². The summed E-state index contributed by atoms with van der Waals surface area (Å²) in [7, 11) is 1.60. The summed E-state index contributed by atoms with van der Waals surface area (Å²) in [5.74, 6) is 0.544. The molecule has 0 bridgehead atoms. The minimum atomic E-state index is -0.734. The molecule has 3 rings (SSSR count). The van der Waals surface area contributed by atoms with Gasteiger partial charge in [0.1, 0.15) is 17.4 Å². The second kappa shape index (κ2) is 9.73. The van der Waals surface area contributed by atoms with Gasteiger partial charge in [-0.25, -0.2) is 4.79 Å². The van der Waals surface area contributed by atoms with Crippen LogP contribution in [0, 0.1) is 0 Å². The fourth-order valence-corrected chi connectivity index (χ4v) is 3.69. The van der Waals surface area contributed by atoms with Crippen LogP contribution < -0.4 is 20.7 Å².